The van der Waals surface area contributed by atoms with Crippen LogP contribution in [-0.2, 0) is 0 Å². The van der Waals surface area contributed by atoms with E-state index in [9.17, 15) is 4.79 Å². The first-order valence-electron chi connectivity index (χ1n) is 8.86. The van der Waals surface area contributed by atoms with Gasteiger partial charge in [-0.1, -0.05) is 40.6 Å². The Morgan fingerprint density at radius 2 is 1.86 bits per heavy atom. The Morgan fingerprint density at radius 3 is 2.54 bits per heavy atom. The molecule has 0 fully saturated rings. The molecular formula is C22H22N2O4. The molecule has 6 nitrogen and oxygen atoms in total. The molecule has 0 N–H and O–H groups in total. The molecule has 0 unspecified atom stereocenters. The first kappa shape index (κ1) is 19.4. The minimum atomic E-state index is -0.101. The fraction of sp³-hybridized carbons (Fsp3) is 0.227. The van der Waals surface area contributed by atoms with E-state index >= 15 is 0 Å². The highest BCUT2D eigenvalue weighted by Crippen LogP contribution is 2.31. The van der Waals surface area contributed by atoms with Crippen LogP contribution in [0.25, 0.3) is 17.5 Å². The third kappa shape index (κ3) is 4.65. The summed E-state index contributed by atoms with van der Waals surface area (Å²) in [5.41, 5.74) is 3.50. The number of hydrogen-bond acceptors (Lipinski definition) is 6. The number of aromatic nitrogens is 2. The van der Waals surface area contributed by atoms with Crippen molar-refractivity contribution in [3.05, 3.63) is 65.1 Å². The largest absolute Gasteiger partial charge is 0.493 e. The summed E-state index contributed by atoms with van der Waals surface area (Å²) in [5.74, 6) is 1.75. The molecule has 0 spiro atoms. The maximum atomic E-state index is 12.3. The number of allylic oxidation sites excluding steroid dienone is 1. The van der Waals surface area contributed by atoms with E-state index in [2.05, 4.69) is 10.1 Å². The summed E-state index contributed by atoms with van der Waals surface area (Å²) in [6.45, 7) is 5.81. The number of rotatable bonds is 7. The molecule has 1 aromatic heterocycles. The molecule has 0 saturated heterocycles. The summed E-state index contributed by atoms with van der Waals surface area (Å²) in [5, 5.41) is 3.98. The topological polar surface area (TPSA) is 74.5 Å². The second kappa shape index (κ2) is 8.52. The van der Waals surface area contributed by atoms with Gasteiger partial charge >= 0.3 is 0 Å². The lowest BCUT2D eigenvalue weighted by Gasteiger charge is -2.11. The summed E-state index contributed by atoms with van der Waals surface area (Å²) < 4.78 is 16.3. The van der Waals surface area contributed by atoms with Crippen molar-refractivity contribution in [2.24, 2.45) is 0 Å². The molecule has 6 heteroatoms. The standard InChI is InChI=1S/C22H22N2O4/c1-14(2)11-21-23-22(24-28-21)17-9-10-19(20(12-17)26-4)27-13-18(25)16-7-5-15(3)6-8-16/h5-12H,13H2,1-4H3. The molecule has 0 aliphatic rings. The normalized spacial score (nSPS) is 10.4. The molecule has 3 rings (SSSR count). The molecule has 28 heavy (non-hydrogen) atoms. The van der Waals surface area contributed by atoms with Gasteiger partial charge in [0.15, 0.2) is 23.9 Å². The molecule has 3 aromatic rings. The average Bonchev–Trinajstić information content (AvgIpc) is 3.14. The molecule has 0 bridgehead atoms. The van der Waals surface area contributed by atoms with Crippen LogP contribution in [0, 0.1) is 6.92 Å². The van der Waals surface area contributed by atoms with E-state index in [0.29, 0.717) is 28.8 Å². The van der Waals surface area contributed by atoms with Gasteiger partial charge in [-0.15, -0.1) is 0 Å². The Hall–Kier alpha value is -3.41. The highest BCUT2D eigenvalue weighted by atomic mass is 16.5. The van der Waals surface area contributed by atoms with Crippen molar-refractivity contribution >= 4 is 11.9 Å². The monoisotopic (exact) mass is 378 g/mol. The lowest BCUT2D eigenvalue weighted by atomic mass is 10.1. The highest BCUT2D eigenvalue weighted by molar-refractivity contribution is 5.97. The van der Waals surface area contributed by atoms with E-state index in [1.165, 1.54) is 0 Å². The van der Waals surface area contributed by atoms with Crippen molar-refractivity contribution in [3.63, 3.8) is 0 Å². The fourth-order valence-electron chi connectivity index (χ4n) is 2.55. The second-order valence-electron chi connectivity index (χ2n) is 6.62. The third-order valence-electron chi connectivity index (χ3n) is 4.01. The summed E-state index contributed by atoms with van der Waals surface area (Å²) in [7, 11) is 1.54. The molecule has 0 atom stereocenters. The summed E-state index contributed by atoms with van der Waals surface area (Å²) in [4.78, 5) is 16.6. The number of methoxy groups -OCH3 is 1. The molecule has 0 amide bonds. The number of ketones is 1. The van der Waals surface area contributed by atoms with Crippen molar-refractivity contribution in [3.8, 4) is 22.9 Å². The van der Waals surface area contributed by atoms with Crippen molar-refractivity contribution in [2.45, 2.75) is 20.8 Å². The number of carbonyl (C=O) groups excluding carboxylic acids is 1. The SMILES string of the molecule is COc1cc(-c2noc(C=C(C)C)n2)ccc1OCC(=O)c1ccc(C)cc1. The zero-order valence-electron chi connectivity index (χ0n) is 16.4. The number of nitrogens with zero attached hydrogens (tertiary/aromatic N) is 2. The van der Waals surface area contributed by atoms with Gasteiger partial charge in [-0.2, -0.15) is 4.98 Å². The summed E-state index contributed by atoms with van der Waals surface area (Å²) in [6, 6.07) is 12.7. The number of hydrogen-bond donors (Lipinski definition) is 0. The van der Waals surface area contributed by atoms with Gasteiger partial charge in [-0.3, -0.25) is 4.79 Å². The number of carbonyl (C=O) groups is 1. The highest BCUT2D eigenvalue weighted by Gasteiger charge is 2.13. The number of aryl methyl sites for hydroxylation is 1. The molecule has 0 aliphatic heterocycles. The molecule has 144 valence electrons. The minimum absolute atomic E-state index is 0.0777. The average molecular weight is 378 g/mol. The molecule has 2 aromatic carbocycles. The zero-order valence-corrected chi connectivity index (χ0v) is 16.4. The van der Waals surface area contributed by atoms with Gasteiger partial charge in [0.1, 0.15) is 0 Å². The molecular weight excluding hydrogens is 356 g/mol. The van der Waals surface area contributed by atoms with Crippen molar-refractivity contribution < 1.29 is 18.8 Å². The first-order valence-corrected chi connectivity index (χ1v) is 8.86. The van der Waals surface area contributed by atoms with E-state index in [-0.39, 0.29) is 12.4 Å². The zero-order chi connectivity index (χ0) is 20.1. The molecule has 0 saturated carbocycles. The van der Waals surface area contributed by atoms with E-state index < -0.39 is 0 Å². The van der Waals surface area contributed by atoms with E-state index in [4.69, 9.17) is 14.0 Å². The second-order valence-corrected chi connectivity index (χ2v) is 6.62. The van der Waals surface area contributed by atoms with E-state index in [0.717, 1.165) is 16.7 Å². The summed E-state index contributed by atoms with van der Waals surface area (Å²) in [6.07, 6.45) is 1.81. The van der Waals surface area contributed by atoms with E-state index in [1.807, 2.05) is 39.0 Å². The van der Waals surface area contributed by atoms with Crippen LogP contribution in [-0.4, -0.2) is 29.6 Å². The van der Waals surface area contributed by atoms with Gasteiger partial charge in [-0.25, -0.2) is 0 Å². The van der Waals surface area contributed by atoms with Gasteiger partial charge in [0.05, 0.1) is 7.11 Å². The molecule has 0 radical (unpaired) electrons. The van der Waals surface area contributed by atoms with Crippen molar-refractivity contribution in [2.75, 3.05) is 13.7 Å². The van der Waals surface area contributed by atoms with Crippen LogP contribution in [0.5, 0.6) is 11.5 Å². The Morgan fingerprint density at radius 1 is 1.11 bits per heavy atom. The summed E-state index contributed by atoms with van der Waals surface area (Å²) >= 11 is 0. The number of benzene rings is 2. The predicted octanol–water partition coefficient (Wildman–Crippen LogP) is 4.74. The van der Waals surface area contributed by atoms with Gasteiger partial charge < -0.3 is 14.0 Å². The number of Topliss-reactive ketones (excluding diaryl/α,β-unsaturated/α-hetero) is 1. The van der Waals surface area contributed by atoms with Crippen molar-refractivity contribution in [1.82, 2.24) is 10.1 Å². The fourth-order valence-corrected chi connectivity index (χ4v) is 2.55. The molecule has 1 heterocycles. The lowest BCUT2D eigenvalue weighted by Crippen LogP contribution is -2.12. The van der Waals surface area contributed by atoms with Crippen LogP contribution in [0.4, 0.5) is 0 Å². The quantitative estimate of drug-likeness (QED) is 0.553. The van der Waals surface area contributed by atoms with Crippen LogP contribution < -0.4 is 9.47 Å². The maximum absolute atomic E-state index is 12.3. The van der Waals surface area contributed by atoms with Crippen LogP contribution in [0.3, 0.4) is 0 Å². The first-order chi connectivity index (χ1) is 13.5. The van der Waals surface area contributed by atoms with E-state index in [1.54, 1.807) is 37.4 Å². The Balaban J connectivity index is 1.74. The van der Waals surface area contributed by atoms with Gasteiger partial charge in [0, 0.05) is 17.2 Å². The number of ether oxygens (including phenoxy) is 2. The minimum Gasteiger partial charge on any atom is -0.493 e. The van der Waals surface area contributed by atoms with Crippen molar-refractivity contribution in [1.29, 1.82) is 0 Å². The smallest absolute Gasteiger partial charge is 0.250 e. The Kier molecular flexibility index (Phi) is 5.89. The maximum Gasteiger partial charge on any atom is 0.250 e. The lowest BCUT2D eigenvalue weighted by molar-refractivity contribution is 0.0919. The van der Waals surface area contributed by atoms with Gasteiger partial charge in [0.2, 0.25) is 5.82 Å². The predicted molar refractivity (Wildman–Crippen MR) is 107 cm³/mol. The van der Waals surface area contributed by atoms with Crippen LogP contribution in [0.1, 0.15) is 35.7 Å². The van der Waals surface area contributed by atoms with Gasteiger partial charge in [-0.05, 0) is 39.0 Å². The Bertz CT molecular complexity index is 1000. The van der Waals surface area contributed by atoms with Crippen LogP contribution in [0.2, 0.25) is 0 Å². The third-order valence-corrected chi connectivity index (χ3v) is 4.01. The van der Waals surface area contributed by atoms with Crippen LogP contribution >= 0.6 is 0 Å². The molecule has 0 aliphatic carbocycles. The van der Waals surface area contributed by atoms with Crippen LogP contribution in [0.15, 0.2) is 52.6 Å². The van der Waals surface area contributed by atoms with Gasteiger partial charge in [0.25, 0.3) is 5.89 Å². The Labute approximate surface area is 163 Å².